The normalized spacial score (nSPS) is 19.0. The first-order chi connectivity index (χ1) is 11.2. The van der Waals surface area contributed by atoms with E-state index in [0.717, 1.165) is 37.2 Å². The maximum absolute atomic E-state index is 7.59. The van der Waals surface area contributed by atoms with E-state index in [0.29, 0.717) is 22.1 Å². The molecule has 0 saturated carbocycles. The van der Waals surface area contributed by atoms with Crippen LogP contribution in [0.15, 0.2) is 12.4 Å². The highest BCUT2D eigenvalue weighted by molar-refractivity contribution is 6.33. The molecule has 0 spiro atoms. The lowest BCUT2D eigenvalue weighted by Crippen LogP contribution is -2.29. The summed E-state index contributed by atoms with van der Waals surface area (Å²) in [6.07, 6.45) is 6.78. The van der Waals surface area contributed by atoms with Crippen LogP contribution < -0.4 is 16.4 Å². The molecule has 5 N–H and O–H groups in total. The maximum atomic E-state index is 7.59. The maximum Gasteiger partial charge on any atom is 0.165 e. The van der Waals surface area contributed by atoms with Gasteiger partial charge in [0.05, 0.1) is 11.9 Å². The molecule has 1 saturated heterocycles. The molecule has 2 aromatic rings. The molecule has 1 unspecified atom stereocenters. The number of nitrogens with zero attached hydrogens (tertiary/aromatic N) is 3. The molecule has 1 aliphatic rings. The average molecular weight is 334 g/mol. The topological polar surface area (TPSA) is 104 Å². The van der Waals surface area contributed by atoms with Crippen LogP contribution in [0, 0.1) is 5.41 Å². The Bertz CT molecular complexity index is 759. The van der Waals surface area contributed by atoms with Crippen molar-refractivity contribution in [2.45, 2.75) is 18.8 Å². The van der Waals surface area contributed by atoms with Crippen LogP contribution in [-0.4, -0.2) is 40.9 Å². The van der Waals surface area contributed by atoms with E-state index in [1.54, 1.807) is 19.4 Å². The van der Waals surface area contributed by atoms with Gasteiger partial charge in [-0.15, -0.1) is 0 Å². The van der Waals surface area contributed by atoms with Crippen molar-refractivity contribution >= 4 is 34.9 Å². The van der Waals surface area contributed by atoms with Gasteiger partial charge in [-0.1, -0.05) is 11.6 Å². The molecule has 1 atom stereocenters. The Hall–Kier alpha value is -2.12. The number of anilines is 1. The molecule has 0 amide bonds. The summed E-state index contributed by atoms with van der Waals surface area (Å²) in [7, 11) is 1.78. The second-order valence-corrected chi connectivity index (χ2v) is 5.94. The smallest absolute Gasteiger partial charge is 0.165 e. The number of rotatable bonds is 4. The van der Waals surface area contributed by atoms with Gasteiger partial charge < -0.3 is 21.8 Å². The first kappa shape index (κ1) is 15.8. The fraction of sp³-hybridized carbons (Fsp3) is 0.400. The van der Waals surface area contributed by atoms with Crippen molar-refractivity contribution in [3.8, 4) is 0 Å². The minimum atomic E-state index is 0.239. The largest absolute Gasteiger partial charge is 0.393 e. The monoisotopic (exact) mass is 333 g/mol. The Morgan fingerprint density at radius 2 is 2.43 bits per heavy atom. The number of nitrogens with one attached hydrogen (secondary N) is 3. The number of allylic oxidation sites excluding steroid dienone is 1. The molecule has 8 heteroatoms. The van der Waals surface area contributed by atoms with Crippen LogP contribution in [0.25, 0.3) is 11.2 Å². The van der Waals surface area contributed by atoms with Gasteiger partial charge in [-0.05, 0) is 19.4 Å². The summed E-state index contributed by atoms with van der Waals surface area (Å²) in [4.78, 5) is 4.75. The predicted molar refractivity (Wildman–Crippen MR) is 93.1 cm³/mol. The number of halogens is 1. The zero-order valence-electron chi connectivity index (χ0n) is 12.9. The number of hydrogen-bond donors (Lipinski definition) is 4. The first-order valence-electron chi connectivity index (χ1n) is 7.59. The van der Waals surface area contributed by atoms with Crippen LogP contribution in [0.2, 0.25) is 5.02 Å². The zero-order chi connectivity index (χ0) is 16.4. The lowest BCUT2D eigenvalue weighted by Gasteiger charge is -2.23. The first-order valence-corrected chi connectivity index (χ1v) is 7.96. The lowest BCUT2D eigenvalue weighted by molar-refractivity contribution is 0.455. The molecule has 7 nitrogen and oxygen atoms in total. The van der Waals surface area contributed by atoms with Gasteiger partial charge in [0.1, 0.15) is 10.8 Å². The number of aromatic nitrogens is 3. The van der Waals surface area contributed by atoms with Crippen LogP contribution in [-0.2, 0) is 0 Å². The van der Waals surface area contributed by atoms with Crippen molar-refractivity contribution in [2.24, 2.45) is 0 Å². The van der Waals surface area contributed by atoms with Crippen molar-refractivity contribution < 1.29 is 0 Å². The van der Waals surface area contributed by atoms with Crippen LogP contribution >= 0.6 is 11.6 Å². The van der Waals surface area contributed by atoms with E-state index >= 15 is 0 Å². The highest BCUT2D eigenvalue weighted by atomic mass is 35.5. The van der Waals surface area contributed by atoms with Gasteiger partial charge in [0.15, 0.2) is 5.65 Å². The molecule has 2 aromatic heterocycles. The van der Waals surface area contributed by atoms with Crippen molar-refractivity contribution in [2.75, 3.05) is 25.9 Å². The number of hydrogen-bond acceptors (Lipinski definition) is 6. The van der Waals surface area contributed by atoms with E-state index in [-0.39, 0.29) is 5.92 Å². The standard InChI is InChI=1S/C15H20ClN7/c1-19-6-10(5-17)11-8-21-23-14(18)12(16)13(22-15(11)23)9-3-2-4-20-7-9/h5-6,8-9,17,19-20H,2-4,7,18H2,1H3/b10-6+,17-5?. The van der Waals surface area contributed by atoms with Crippen LogP contribution in [0.5, 0.6) is 0 Å². The van der Waals surface area contributed by atoms with Crippen LogP contribution in [0.3, 0.4) is 0 Å². The summed E-state index contributed by atoms with van der Waals surface area (Å²) in [6.45, 7) is 1.86. The summed E-state index contributed by atoms with van der Waals surface area (Å²) in [6, 6.07) is 0. The summed E-state index contributed by atoms with van der Waals surface area (Å²) in [5, 5.41) is 18.6. The Balaban J connectivity index is 2.17. The van der Waals surface area contributed by atoms with Crippen molar-refractivity contribution in [1.29, 1.82) is 5.41 Å². The summed E-state index contributed by atoms with van der Waals surface area (Å²) in [5.74, 6) is 0.625. The van der Waals surface area contributed by atoms with Gasteiger partial charge in [-0.3, -0.25) is 0 Å². The lowest BCUT2D eigenvalue weighted by atomic mass is 9.95. The van der Waals surface area contributed by atoms with E-state index < -0.39 is 0 Å². The molecule has 0 aromatic carbocycles. The SMILES string of the molecule is CN/C=C(\C=N)c1cnn2c(N)c(Cl)c(C3CCCNC3)nc12. The number of piperidine rings is 1. The molecule has 3 rings (SSSR count). The third kappa shape index (κ3) is 2.77. The molecular weight excluding hydrogens is 314 g/mol. The second-order valence-electron chi connectivity index (χ2n) is 5.57. The van der Waals surface area contributed by atoms with E-state index in [1.807, 2.05) is 0 Å². The molecule has 0 bridgehead atoms. The predicted octanol–water partition coefficient (Wildman–Crippen LogP) is 1.64. The van der Waals surface area contributed by atoms with Gasteiger partial charge >= 0.3 is 0 Å². The minimum Gasteiger partial charge on any atom is -0.393 e. The number of fused-ring (bicyclic) bond motifs is 1. The Morgan fingerprint density at radius 1 is 1.61 bits per heavy atom. The summed E-state index contributed by atoms with van der Waals surface area (Å²) in [5.41, 5.74) is 9.04. The molecule has 3 heterocycles. The second kappa shape index (κ2) is 6.55. The van der Waals surface area contributed by atoms with Gasteiger partial charge in [-0.25, -0.2) is 4.98 Å². The number of nitrogens with two attached hydrogens (primary N) is 1. The number of nitrogen functional groups attached to an aromatic ring is 1. The highest BCUT2D eigenvalue weighted by Gasteiger charge is 2.24. The van der Waals surface area contributed by atoms with Crippen molar-refractivity contribution in [3.63, 3.8) is 0 Å². The minimum absolute atomic E-state index is 0.239. The van der Waals surface area contributed by atoms with Crippen molar-refractivity contribution in [1.82, 2.24) is 25.2 Å². The van der Waals surface area contributed by atoms with Crippen LogP contribution in [0.1, 0.15) is 30.0 Å². The van der Waals surface area contributed by atoms with Gasteiger partial charge in [0, 0.05) is 43.1 Å². The molecule has 1 aliphatic heterocycles. The third-order valence-corrected chi connectivity index (χ3v) is 4.49. The Labute approximate surface area is 139 Å². The highest BCUT2D eigenvalue weighted by Crippen LogP contribution is 2.33. The molecule has 23 heavy (non-hydrogen) atoms. The molecule has 1 fully saturated rings. The fourth-order valence-corrected chi connectivity index (χ4v) is 3.20. The van der Waals surface area contributed by atoms with E-state index in [4.69, 9.17) is 27.7 Å². The molecule has 0 radical (unpaired) electrons. The quantitative estimate of drug-likeness (QED) is 0.637. The van der Waals surface area contributed by atoms with Crippen molar-refractivity contribution in [3.05, 3.63) is 28.7 Å². The van der Waals surface area contributed by atoms with Gasteiger partial charge in [-0.2, -0.15) is 9.61 Å². The Kier molecular flexibility index (Phi) is 4.49. The van der Waals surface area contributed by atoms with E-state index in [2.05, 4.69) is 15.7 Å². The molecule has 0 aliphatic carbocycles. The van der Waals surface area contributed by atoms with Crippen LogP contribution in [0.4, 0.5) is 5.82 Å². The molecule has 122 valence electrons. The third-order valence-electron chi connectivity index (χ3n) is 4.10. The average Bonchev–Trinajstić information content (AvgIpc) is 3.00. The molecular formula is C15H20ClN7. The Morgan fingerprint density at radius 3 is 3.09 bits per heavy atom. The van der Waals surface area contributed by atoms with E-state index in [9.17, 15) is 0 Å². The van der Waals surface area contributed by atoms with Gasteiger partial charge in [0.25, 0.3) is 0 Å². The van der Waals surface area contributed by atoms with Gasteiger partial charge in [0.2, 0.25) is 0 Å². The fourth-order valence-electron chi connectivity index (χ4n) is 2.93. The zero-order valence-corrected chi connectivity index (χ0v) is 13.7. The summed E-state index contributed by atoms with van der Waals surface area (Å²) >= 11 is 6.44. The van der Waals surface area contributed by atoms with E-state index in [1.165, 1.54) is 10.7 Å². The summed E-state index contributed by atoms with van der Waals surface area (Å²) < 4.78 is 1.53.